The molecule has 0 saturated carbocycles. The summed E-state index contributed by atoms with van der Waals surface area (Å²) in [5, 5.41) is 30.0. The zero-order chi connectivity index (χ0) is 31.2. The Morgan fingerprint density at radius 1 is 0.867 bits per heavy atom. The highest BCUT2D eigenvalue weighted by atomic mass is 35.5. The van der Waals surface area contributed by atoms with Gasteiger partial charge in [0, 0.05) is 27.9 Å². The minimum Gasteiger partial charge on any atom is -0.381 e. The molecule has 4 aromatic carbocycles. The zero-order valence-electron chi connectivity index (χ0n) is 23.8. The molecule has 0 aliphatic carbocycles. The molecular formula is C34H28ClN7O3. The molecule has 224 valence electrons. The van der Waals surface area contributed by atoms with Gasteiger partial charge in [-0.05, 0) is 54.1 Å². The summed E-state index contributed by atoms with van der Waals surface area (Å²) < 4.78 is 1.60. The van der Waals surface area contributed by atoms with E-state index in [9.17, 15) is 14.7 Å². The minimum atomic E-state index is -1.56. The van der Waals surface area contributed by atoms with Gasteiger partial charge < -0.3 is 21.1 Å². The molecule has 6 rings (SSSR count). The summed E-state index contributed by atoms with van der Waals surface area (Å²) in [6, 6.07) is 31.5. The summed E-state index contributed by atoms with van der Waals surface area (Å²) in [4.78, 5) is 30.4. The molecule has 2 atom stereocenters. The second-order valence-electron chi connectivity index (χ2n) is 10.2. The molecule has 0 unspecified atom stereocenters. The van der Waals surface area contributed by atoms with E-state index in [-0.39, 0.29) is 6.54 Å². The first-order valence-corrected chi connectivity index (χ1v) is 14.5. The van der Waals surface area contributed by atoms with Crippen LogP contribution in [-0.2, 0) is 11.3 Å². The zero-order valence-corrected chi connectivity index (χ0v) is 24.6. The molecule has 0 saturated heterocycles. The van der Waals surface area contributed by atoms with E-state index in [1.807, 2.05) is 54.6 Å². The maximum absolute atomic E-state index is 13.1. The lowest BCUT2D eigenvalue weighted by atomic mass is 10.00. The number of aliphatic hydroxyl groups is 1. The fourth-order valence-electron chi connectivity index (χ4n) is 4.90. The third-order valence-electron chi connectivity index (χ3n) is 7.18. The molecule has 6 aromatic rings. The van der Waals surface area contributed by atoms with Crippen molar-refractivity contribution in [3.8, 4) is 5.69 Å². The average Bonchev–Trinajstić information content (AvgIpc) is 3.55. The van der Waals surface area contributed by atoms with E-state index in [2.05, 4.69) is 31.2 Å². The largest absolute Gasteiger partial charge is 0.381 e. The van der Waals surface area contributed by atoms with Crippen molar-refractivity contribution in [3.63, 3.8) is 0 Å². The number of aliphatic hydroxyl groups excluding tert-OH is 1. The van der Waals surface area contributed by atoms with Gasteiger partial charge in [-0.15, -0.1) is 5.10 Å². The number of aromatic nitrogens is 4. The first-order valence-electron chi connectivity index (χ1n) is 14.1. The van der Waals surface area contributed by atoms with Gasteiger partial charge in [0.05, 0.1) is 35.7 Å². The van der Waals surface area contributed by atoms with Crippen molar-refractivity contribution in [1.82, 2.24) is 30.6 Å². The average molecular weight is 618 g/mol. The lowest BCUT2D eigenvalue weighted by Crippen LogP contribution is -2.45. The molecule has 4 N–H and O–H groups in total. The number of nitrogens with one attached hydrogen (secondary N) is 3. The number of nitrogens with zero attached hydrogens (tertiary/aromatic N) is 4. The lowest BCUT2D eigenvalue weighted by Gasteiger charge is -2.24. The van der Waals surface area contributed by atoms with Crippen molar-refractivity contribution < 1.29 is 14.7 Å². The standard InChI is InChI=1S/C34H28ClN7O3/c35-24-15-16-26-27(17-18-36-29(26)19-24)38-28-13-7-8-14-30(28)42-21-25(40-41-42)20-37-34(45)32(43)31(22-9-3-1-4-10-22)39-33(44)23-11-5-2-6-12-23/h1-19,21,31-32,43H,20H2,(H,36,38)(H,37,45)(H,39,44)/t31-,32+/m0/s1. The topological polar surface area (TPSA) is 134 Å². The minimum absolute atomic E-state index is 0.00931. The number of hydrogen-bond donors (Lipinski definition) is 4. The number of amides is 2. The van der Waals surface area contributed by atoms with Crippen molar-refractivity contribution in [2.24, 2.45) is 0 Å². The van der Waals surface area contributed by atoms with Crippen LogP contribution >= 0.6 is 11.6 Å². The van der Waals surface area contributed by atoms with Crippen LogP contribution in [0.2, 0.25) is 5.02 Å². The number of halogens is 1. The van der Waals surface area contributed by atoms with Gasteiger partial charge in [-0.25, -0.2) is 4.68 Å². The van der Waals surface area contributed by atoms with Gasteiger partial charge >= 0.3 is 0 Å². The second-order valence-corrected chi connectivity index (χ2v) is 10.6. The molecule has 0 bridgehead atoms. The van der Waals surface area contributed by atoms with Crippen LogP contribution in [0.15, 0.2) is 122 Å². The predicted molar refractivity (Wildman–Crippen MR) is 172 cm³/mol. The van der Waals surface area contributed by atoms with Gasteiger partial charge in [-0.1, -0.05) is 77.5 Å². The molecule has 45 heavy (non-hydrogen) atoms. The molecule has 0 spiro atoms. The molecule has 0 fully saturated rings. The van der Waals surface area contributed by atoms with Gasteiger partial charge in [0.25, 0.3) is 11.8 Å². The number of pyridine rings is 1. The van der Waals surface area contributed by atoms with Gasteiger partial charge in [0.2, 0.25) is 0 Å². The first kappa shape index (κ1) is 29.5. The van der Waals surface area contributed by atoms with Crippen LogP contribution in [0.3, 0.4) is 0 Å². The van der Waals surface area contributed by atoms with Crippen LogP contribution in [0.5, 0.6) is 0 Å². The van der Waals surface area contributed by atoms with Crippen LogP contribution in [-0.4, -0.2) is 43.0 Å². The Kier molecular flexibility index (Phi) is 8.77. The number of anilines is 2. The van der Waals surface area contributed by atoms with Gasteiger partial charge in [-0.3, -0.25) is 14.6 Å². The van der Waals surface area contributed by atoms with Crippen LogP contribution in [0, 0.1) is 0 Å². The van der Waals surface area contributed by atoms with Gasteiger partial charge in [0.15, 0.2) is 6.10 Å². The summed E-state index contributed by atoms with van der Waals surface area (Å²) in [7, 11) is 0. The number of fused-ring (bicyclic) bond motifs is 1. The number of para-hydroxylation sites is 2. The fourth-order valence-corrected chi connectivity index (χ4v) is 5.07. The Labute approximate surface area is 263 Å². The van der Waals surface area contributed by atoms with Gasteiger partial charge in [0.1, 0.15) is 5.69 Å². The van der Waals surface area contributed by atoms with Crippen molar-refractivity contribution in [2.75, 3.05) is 5.32 Å². The molecule has 2 heterocycles. The van der Waals surface area contributed by atoms with E-state index in [4.69, 9.17) is 11.6 Å². The summed E-state index contributed by atoms with van der Waals surface area (Å²) in [6.45, 7) is 0.00931. The quantitative estimate of drug-likeness (QED) is 0.163. The van der Waals surface area contributed by atoms with Gasteiger partial charge in [-0.2, -0.15) is 0 Å². The van der Waals surface area contributed by atoms with E-state index >= 15 is 0 Å². The maximum Gasteiger partial charge on any atom is 0.251 e. The third kappa shape index (κ3) is 6.82. The number of rotatable bonds is 10. The normalized spacial score (nSPS) is 12.3. The Hall–Kier alpha value is -5.58. The van der Waals surface area contributed by atoms with Crippen molar-refractivity contribution >= 4 is 45.7 Å². The SMILES string of the molecule is O=C(N[C@@H](c1ccccc1)[C@@H](O)C(=O)NCc1cn(-c2ccccc2Nc2ccnc3cc(Cl)ccc23)nn1)c1ccccc1. The highest BCUT2D eigenvalue weighted by Gasteiger charge is 2.29. The summed E-state index contributed by atoms with van der Waals surface area (Å²) in [6.07, 6.45) is 1.85. The predicted octanol–water partition coefficient (Wildman–Crippen LogP) is 5.36. The summed E-state index contributed by atoms with van der Waals surface area (Å²) in [5.41, 5.74) is 4.59. The summed E-state index contributed by atoms with van der Waals surface area (Å²) in [5.74, 6) is -1.08. The Morgan fingerprint density at radius 3 is 2.40 bits per heavy atom. The third-order valence-corrected chi connectivity index (χ3v) is 7.41. The van der Waals surface area contributed by atoms with E-state index in [0.29, 0.717) is 21.8 Å². The van der Waals surface area contributed by atoms with Crippen molar-refractivity contribution in [3.05, 3.63) is 143 Å². The number of hydrogen-bond acceptors (Lipinski definition) is 7. The monoisotopic (exact) mass is 617 g/mol. The number of carbonyl (C=O) groups is 2. The van der Waals surface area contributed by atoms with E-state index in [1.54, 1.807) is 71.7 Å². The molecule has 2 aromatic heterocycles. The molecule has 0 aliphatic rings. The molecule has 0 radical (unpaired) electrons. The van der Waals surface area contributed by atoms with Crippen LogP contribution in [0.4, 0.5) is 11.4 Å². The Bertz CT molecular complexity index is 1950. The van der Waals surface area contributed by atoms with Crippen molar-refractivity contribution in [2.45, 2.75) is 18.7 Å². The Morgan fingerprint density at radius 2 is 1.60 bits per heavy atom. The Balaban J connectivity index is 1.16. The molecule has 2 amide bonds. The van der Waals surface area contributed by atoms with E-state index in [0.717, 1.165) is 28.0 Å². The molecular weight excluding hydrogens is 590 g/mol. The van der Waals surface area contributed by atoms with E-state index in [1.165, 1.54) is 0 Å². The lowest BCUT2D eigenvalue weighted by molar-refractivity contribution is -0.130. The highest BCUT2D eigenvalue weighted by molar-refractivity contribution is 6.31. The van der Waals surface area contributed by atoms with Crippen molar-refractivity contribution in [1.29, 1.82) is 0 Å². The first-order chi connectivity index (χ1) is 22.0. The van der Waals surface area contributed by atoms with Crippen LogP contribution in [0.25, 0.3) is 16.6 Å². The molecule has 11 heteroatoms. The smallest absolute Gasteiger partial charge is 0.251 e. The van der Waals surface area contributed by atoms with Crippen LogP contribution < -0.4 is 16.0 Å². The second kappa shape index (κ2) is 13.4. The number of carbonyl (C=O) groups excluding carboxylic acids is 2. The molecule has 0 aliphatic heterocycles. The summed E-state index contributed by atoms with van der Waals surface area (Å²) >= 11 is 6.15. The van der Waals surface area contributed by atoms with Crippen LogP contribution in [0.1, 0.15) is 27.7 Å². The molecule has 10 nitrogen and oxygen atoms in total. The maximum atomic E-state index is 13.1. The highest BCUT2D eigenvalue weighted by Crippen LogP contribution is 2.29. The number of benzene rings is 4. The fraction of sp³-hybridized carbons (Fsp3) is 0.0882. The van der Waals surface area contributed by atoms with E-state index < -0.39 is 24.0 Å².